The van der Waals surface area contributed by atoms with Gasteiger partial charge >= 0.3 is 0 Å². The summed E-state index contributed by atoms with van der Waals surface area (Å²) in [6.45, 7) is 4.95. The SMILES string of the molecule is CC(=O)N1CCCN(c2ccc3cnccc3c2N)CC1. The number of nitrogens with zero attached hydrogens (tertiary/aromatic N) is 3. The zero-order valence-corrected chi connectivity index (χ0v) is 12.2. The van der Waals surface area contributed by atoms with Crippen LogP contribution in [-0.4, -0.2) is 42.0 Å². The van der Waals surface area contributed by atoms with E-state index in [1.807, 2.05) is 17.2 Å². The number of nitrogens with two attached hydrogens (primary N) is 1. The lowest BCUT2D eigenvalue weighted by molar-refractivity contribution is -0.128. The molecule has 5 heteroatoms. The monoisotopic (exact) mass is 284 g/mol. The highest BCUT2D eigenvalue weighted by Crippen LogP contribution is 2.31. The van der Waals surface area contributed by atoms with Gasteiger partial charge in [-0.15, -0.1) is 0 Å². The summed E-state index contributed by atoms with van der Waals surface area (Å²) in [4.78, 5) is 19.8. The highest BCUT2D eigenvalue weighted by molar-refractivity contribution is 5.98. The van der Waals surface area contributed by atoms with Crippen molar-refractivity contribution in [3.63, 3.8) is 0 Å². The van der Waals surface area contributed by atoms with Gasteiger partial charge in [0.15, 0.2) is 0 Å². The van der Waals surface area contributed by atoms with Crippen LogP contribution in [0.4, 0.5) is 11.4 Å². The molecular weight excluding hydrogens is 264 g/mol. The van der Waals surface area contributed by atoms with Crippen molar-refractivity contribution in [2.75, 3.05) is 36.8 Å². The van der Waals surface area contributed by atoms with Crippen molar-refractivity contribution in [1.82, 2.24) is 9.88 Å². The highest BCUT2D eigenvalue weighted by Gasteiger charge is 2.18. The Labute approximate surface area is 124 Å². The first kappa shape index (κ1) is 13.7. The van der Waals surface area contributed by atoms with Gasteiger partial charge in [0.25, 0.3) is 0 Å². The van der Waals surface area contributed by atoms with E-state index in [1.54, 1.807) is 13.1 Å². The molecule has 0 unspecified atom stereocenters. The molecule has 2 aromatic rings. The Morgan fingerprint density at radius 1 is 1.19 bits per heavy atom. The van der Waals surface area contributed by atoms with E-state index in [-0.39, 0.29) is 5.91 Å². The van der Waals surface area contributed by atoms with E-state index in [9.17, 15) is 4.79 Å². The van der Waals surface area contributed by atoms with E-state index < -0.39 is 0 Å². The van der Waals surface area contributed by atoms with E-state index >= 15 is 0 Å². The van der Waals surface area contributed by atoms with Gasteiger partial charge in [-0.1, -0.05) is 6.07 Å². The second-order valence-electron chi connectivity index (χ2n) is 5.44. The Kier molecular flexibility index (Phi) is 3.64. The predicted molar refractivity (Wildman–Crippen MR) is 85.2 cm³/mol. The molecule has 0 bridgehead atoms. The van der Waals surface area contributed by atoms with Crippen LogP contribution in [-0.2, 0) is 4.79 Å². The second-order valence-corrected chi connectivity index (χ2v) is 5.44. The van der Waals surface area contributed by atoms with Gasteiger partial charge in [0.05, 0.1) is 11.4 Å². The Hall–Kier alpha value is -2.30. The van der Waals surface area contributed by atoms with Crippen molar-refractivity contribution in [2.24, 2.45) is 0 Å². The van der Waals surface area contributed by atoms with E-state index in [0.717, 1.165) is 54.7 Å². The maximum atomic E-state index is 11.5. The average molecular weight is 284 g/mol. The molecule has 1 amide bonds. The molecule has 0 atom stereocenters. The number of pyridine rings is 1. The summed E-state index contributed by atoms with van der Waals surface area (Å²) >= 11 is 0. The molecule has 0 spiro atoms. The normalized spacial score (nSPS) is 16.0. The molecule has 1 aromatic heterocycles. The molecular formula is C16H20N4O. The summed E-state index contributed by atoms with van der Waals surface area (Å²) < 4.78 is 0. The topological polar surface area (TPSA) is 62.5 Å². The van der Waals surface area contributed by atoms with Gasteiger partial charge in [-0.25, -0.2) is 0 Å². The number of fused-ring (bicyclic) bond motifs is 1. The van der Waals surface area contributed by atoms with E-state index in [1.165, 1.54) is 0 Å². The zero-order chi connectivity index (χ0) is 14.8. The van der Waals surface area contributed by atoms with Crippen LogP contribution in [0.3, 0.4) is 0 Å². The lowest BCUT2D eigenvalue weighted by Gasteiger charge is -2.25. The fraction of sp³-hybridized carbons (Fsp3) is 0.375. The Morgan fingerprint density at radius 3 is 2.86 bits per heavy atom. The summed E-state index contributed by atoms with van der Waals surface area (Å²) in [5, 5.41) is 2.09. The maximum Gasteiger partial charge on any atom is 0.219 e. The first-order chi connectivity index (χ1) is 10.2. The molecule has 2 N–H and O–H groups in total. The Bertz CT molecular complexity index is 670. The number of rotatable bonds is 1. The molecule has 1 fully saturated rings. The molecule has 0 aliphatic carbocycles. The largest absolute Gasteiger partial charge is 0.397 e. The standard InChI is InChI=1S/C16H20N4O/c1-12(21)19-7-2-8-20(10-9-19)15-4-3-13-11-18-6-5-14(13)16(15)17/h3-6,11H,2,7-10,17H2,1H3. The third-order valence-corrected chi connectivity index (χ3v) is 4.12. The number of amides is 1. The van der Waals surface area contributed by atoms with E-state index in [0.29, 0.717) is 0 Å². The number of anilines is 2. The number of aromatic nitrogens is 1. The van der Waals surface area contributed by atoms with Crippen LogP contribution in [0.25, 0.3) is 10.8 Å². The molecule has 5 nitrogen and oxygen atoms in total. The molecule has 110 valence electrons. The smallest absolute Gasteiger partial charge is 0.219 e. The highest BCUT2D eigenvalue weighted by atomic mass is 16.2. The fourth-order valence-electron chi connectivity index (χ4n) is 2.93. The van der Waals surface area contributed by atoms with E-state index in [2.05, 4.69) is 22.0 Å². The van der Waals surface area contributed by atoms with Crippen molar-refractivity contribution < 1.29 is 4.79 Å². The summed E-state index contributed by atoms with van der Waals surface area (Å²) in [7, 11) is 0. The van der Waals surface area contributed by atoms with Crippen LogP contribution in [0.15, 0.2) is 30.6 Å². The fourth-order valence-corrected chi connectivity index (χ4v) is 2.93. The first-order valence-electron chi connectivity index (χ1n) is 7.29. The summed E-state index contributed by atoms with van der Waals surface area (Å²) in [5.41, 5.74) is 8.20. The number of nitrogen functional groups attached to an aromatic ring is 1. The molecule has 0 radical (unpaired) electrons. The molecule has 21 heavy (non-hydrogen) atoms. The van der Waals surface area contributed by atoms with Crippen molar-refractivity contribution in [3.8, 4) is 0 Å². The van der Waals surface area contributed by atoms with Gasteiger partial charge in [-0.05, 0) is 18.6 Å². The minimum absolute atomic E-state index is 0.148. The van der Waals surface area contributed by atoms with Gasteiger partial charge < -0.3 is 15.5 Å². The molecule has 2 heterocycles. The van der Waals surface area contributed by atoms with Crippen LogP contribution in [0.1, 0.15) is 13.3 Å². The van der Waals surface area contributed by atoms with Crippen molar-refractivity contribution in [3.05, 3.63) is 30.6 Å². The molecule has 1 saturated heterocycles. The Morgan fingerprint density at radius 2 is 2.05 bits per heavy atom. The number of carbonyl (C=O) groups excluding carboxylic acids is 1. The third kappa shape index (κ3) is 2.63. The van der Waals surface area contributed by atoms with Crippen LogP contribution in [0.2, 0.25) is 0 Å². The molecule has 0 saturated carbocycles. The molecule has 1 aliphatic rings. The van der Waals surface area contributed by atoms with Gasteiger partial charge in [-0.3, -0.25) is 9.78 Å². The minimum atomic E-state index is 0.148. The summed E-state index contributed by atoms with van der Waals surface area (Å²) in [6.07, 6.45) is 4.56. The zero-order valence-electron chi connectivity index (χ0n) is 12.2. The van der Waals surface area contributed by atoms with Crippen LogP contribution in [0.5, 0.6) is 0 Å². The van der Waals surface area contributed by atoms with Gasteiger partial charge in [-0.2, -0.15) is 0 Å². The van der Waals surface area contributed by atoms with Gasteiger partial charge in [0, 0.05) is 56.3 Å². The first-order valence-corrected chi connectivity index (χ1v) is 7.29. The van der Waals surface area contributed by atoms with Crippen LogP contribution < -0.4 is 10.6 Å². The quantitative estimate of drug-likeness (QED) is 0.812. The van der Waals surface area contributed by atoms with Crippen LogP contribution >= 0.6 is 0 Å². The number of benzene rings is 1. The lowest BCUT2D eigenvalue weighted by Crippen LogP contribution is -2.33. The van der Waals surface area contributed by atoms with E-state index in [4.69, 9.17) is 5.73 Å². The van der Waals surface area contributed by atoms with Crippen molar-refractivity contribution in [2.45, 2.75) is 13.3 Å². The summed E-state index contributed by atoms with van der Waals surface area (Å²) in [6, 6.07) is 6.07. The summed E-state index contributed by atoms with van der Waals surface area (Å²) in [5.74, 6) is 0.148. The van der Waals surface area contributed by atoms with Crippen LogP contribution in [0, 0.1) is 0 Å². The molecule has 1 aromatic carbocycles. The number of hydrogen-bond acceptors (Lipinski definition) is 4. The lowest BCUT2D eigenvalue weighted by atomic mass is 10.1. The second kappa shape index (κ2) is 5.60. The van der Waals surface area contributed by atoms with Crippen molar-refractivity contribution >= 4 is 28.1 Å². The van der Waals surface area contributed by atoms with Crippen molar-refractivity contribution in [1.29, 1.82) is 0 Å². The average Bonchev–Trinajstić information content (AvgIpc) is 2.74. The maximum absolute atomic E-state index is 11.5. The molecule has 1 aliphatic heterocycles. The number of hydrogen-bond donors (Lipinski definition) is 1. The Balaban J connectivity index is 1.90. The third-order valence-electron chi connectivity index (χ3n) is 4.12. The predicted octanol–water partition coefficient (Wildman–Crippen LogP) is 1.88. The van der Waals surface area contributed by atoms with Gasteiger partial charge in [0.2, 0.25) is 5.91 Å². The minimum Gasteiger partial charge on any atom is -0.397 e. The molecule has 3 rings (SSSR count). The van der Waals surface area contributed by atoms with Gasteiger partial charge in [0.1, 0.15) is 0 Å². The number of carbonyl (C=O) groups is 1.